The zero-order chi connectivity index (χ0) is 17.1. The predicted octanol–water partition coefficient (Wildman–Crippen LogP) is 1.34. The fourth-order valence-electron chi connectivity index (χ4n) is 4.28. The van der Waals surface area contributed by atoms with Gasteiger partial charge < -0.3 is 19.1 Å². The molecule has 1 aromatic heterocycles. The van der Waals surface area contributed by atoms with E-state index in [4.69, 9.17) is 14.2 Å². The van der Waals surface area contributed by atoms with E-state index in [9.17, 15) is 0 Å². The Morgan fingerprint density at radius 3 is 2.96 bits per heavy atom. The van der Waals surface area contributed by atoms with E-state index in [2.05, 4.69) is 19.8 Å². The van der Waals surface area contributed by atoms with Gasteiger partial charge in [-0.15, -0.1) is 0 Å². The molecule has 3 aliphatic rings. The highest BCUT2D eigenvalue weighted by Gasteiger charge is 2.43. The molecule has 25 heavy (non-hydrogen) atoms. The Kier molecular flexibility index (Phi) is 5.05. The third kappa shape index (κ3) is 3.88. The van der Waals surface area contributed by atoms with Gasteiger partial charge in [-0.3, -0.25) is 4.90 Å². The molecule has 0 bridgehead atoms. The van der Waals surface area contributed by atoms with E-state index < -0.39 is 0 Å². The Morgan fingerprint density at radius 1 is 1.24 bits per heavy atom. The lowest BCUT2D eigenvalue weighted by molar-refractivity contribution is -0.127. The molecule has 0 amide bonds. The lowest BCUT2D eigenvalue weighted by Crippen LogP contribution is -2.48. The summed E-state index contributed by atoms with van der Waals surface area (Å²) < 4.78 is 17.3. The number of ether oxygens (including phenoxy) is 3. The Hall–Kier alpha value is -1.44. The number of hydrogen-bond acceptors (Lipinski definition) is 7. The number of anilines is 1. The quantitative estimate of drug-likeness (QED) is 0.814. The van der Waals surface area contributed by atoms with Crippen LogP contribution in [0, 0.1) is 0 Å². The summed E-state index contributed by atoms with van der Waals surface area (Å²) in [5.74, 6) is 1.54. The monoisotopic (exact) mass is 348 g/mol. The first-order valence-corrected chi connectivity index (χ1v) is 9.35. The van der Waals surface area contributed by atoms with Crippen LogP contribution in [-0.4, -0.2) is 79.6 Å². The molecule has 3 fully saturated rings. The second kappa shape index (κ2) is 7.43. The number of hydrogen-bond donors (Lipinski definition) is 0. The van der Waals surface area contributed by atoms with Crippen molar-refractivity contribution >= 4 is 5.82 Å². The van der Waals surface area contributed by atoms with Gasteiger partial charge in [0.15, 0.2) is 0 Å². The molecule has 7 heteroatoms. The highest BCUT2D eigenvalue weighted by Crippen LogP contribution is 2.38. The van der Waals surface area contributed by atoms with Crippen molar-refractivity contribution in [3.8, 4) is 5.88 Å². The van der Waals surface area contributed by atoms with Crippen molar-refractivity contribution in [3.05, 3.63) is 12.4 Å². The molecule has 138 valence electrons. The van der Waals surface area contributed by atoms with Gasteiger partial charge in [0, 0.05) is 38.8 Å². The Bertz CT molecular complexity index is 581. The molecule has 3 aliphatic heterocycles. The Labute approximate surface area is 149 Å². The molecule has 0 aliphatic carbocycles. The molecule has 4 rings (SSSR count). The lowest BCUT2D eigenvalue weighted by Gasteiger charge is -2.41. The molecule has 1 spiro atoms. The molecular weight excluding hydrogens is 320 g/mol. The first-order valence-electron chi connectivity index (χ1n) is 9.35. The summed E-state index contributed by atoms with van der Waals surface area (Å²) in [6, 6.07) is 1.91. The molecule has 2 atom stereocenters. The zero-order valence-electron chi connectivity index (χ0n) is 15.0. The van der Waals surface area contributed by atoms with Crippen LogP contribution in [0.15, 0.2) is 12.4 Å². The highest BCUT2D eigenvalue weighted by molar-refractivity contribution is 5.43. The molecular formula is C18H28N4O3. The second-order valence-corrected chi connectivity index (χ2v) is 7.32. The number of aromatic nitrogens is 2. The fourth-order valence-corrected chi connectivity index (χ4v) is 4.28. The van der Waals surface area contributed by atoms with Crippen LogP contribution in [0.25, 0.3) is 0 Å². The molecule has 0 saturated carbocycles. The number of morpholine rings is 1. The fraction of sp³-hybridized carbons (Fsp3) is 0.778. The number of rotatable bonds is 4. The number of methoxy groups -OCH3 is 1. The molecule has 0 unspecified atom stereocenters. The third-order valence-corrected chi connectivity index (χ3v) is 5.62. The maximum Gasteiger partial charge on any atom is 0.218 e. The van der Waals surface area contributed by atoms with Gasteiger partial charge in [0.25, 0.3) is 0 Å². The van der Waals surface area contributed by atoms with Gasteiger partial charge in [-0.2, -0.15) is 0 Å². The molecule has 1 aromatic rings. The van der Waals surface area contributed by atoms with E-state index in [-0.39, 0.29) is 5.60 Å². The van der Waals surface area contributed by atoms with E-state index in [1.54, 1.807) is 13.4 Å². The highest BCUT2D eigenvalue weighted by atomic mass is 16.5. The van der Waals surface area contributed by atoms with Gasteiger partial charge in [-0.1, -0.05) is 0 Å². The van der Waals surface area contributed by atoms with Crippen LogP contribution in [0.1, 0.15) is 25.7 Å². The molecule has 3 saturated heterocycles. The molecule has 7 nitrogen and oxygen atoms in total. The minimum absolute atomic E-state index is 0.0204. The van der Waals surface area contributed by atoms with Crippen molar-refractivity contribution in [2.24, 2.45) is 0 Å². The van der Waals surface area contributed by atoms with E-state index in [0.717, 1.165) is 64.6 Å². The van der Waals surface area contributed by atoms with Crippen molar-refractivity contribution < 1.29 is 14.2 Å². The largest absolute Gasteiger partial charge is 0.481 e. The van der Waals surface area contributed by atoms with E-state index in [0.29, 0.717) is 12.0 Å². The standard InChI is InChI=1S/C18H28N4O3/c1-23-17-11-16(19-14-20-17)22-6-5-18(13-22)4-2-3-15(25-18)12-21-7-9-24-10-8-21/h11,14-15H,2-10,12-13H2,1H3/t15-,18-/m1/s1. The Morgan fingerprint density at radius 2 is 2.12 bits per heavy atom. The van der Waals surface area contributed by atoms with Gasteiger partial charge in [0.1, 0.15) is 12.1 Å². The van der Waals surface area contributed by atoms with Crippen LogP contribution in [0.2, 0.25) is 0 Å². The molecule has 0 radical (unpaired) electrons. The molecule has 4 heterocycles. The zero-order valence-corrected chi connectivity index (χ0v) is 15.0. The van der Waals surface area contributed by atoms with Crippen LogP contribution < -0.4 is 9.64 Å². The van der Waals surface area contributed by atoms with E-state index in [1.165, 1.54) is 12.8 Å². The molecule has 0 N–H and O–H groups in total. The summed E-state index contributed by atoms with van der Waals surface area (Å²) in [5.41, 5.74) is -0.0204. The summed E-state index contributed by atoms with van der Waals surface area (Å²) in [4.78, 5) is 13.3. The van der Waals surface area contributed by atoms with Gasteiger partial charge >= 0.3 is 0 Å². The van der Waals surface area contributed by atoms with Crippen LogP contribution in [-0.2, 0) is 9.47 Å². The average Bonchev–Trinajstić information content (AvgIpc) is 3.06. The van der Waals surface area contributed by atoms with Gasteiger partial charge in [0.05, 0.1) is 32.0 Å². The van der Waals surface area contributed by atoms with Crippen molar-refractivity contribution in [2.75, 3.05) is 57.9 Å². The number of nitrogens with zero attached hydrogens (tertiary/aromatic N) is 4. The first kappa shape index (κ1) is 17.0. The van der Waals surface area contributed by atoms with Crippen molar-refractivity contribution in [1.29, 1.82) is 0 Å². The Balaban J connectivity index is 1.38. The predicted molar refractivity (Wildman–Crippen MR) is 94.1 cm³/mol. The lowest BCUT2D eigenvalue weighted by atomic mass is 9.90. The van der Waals surface area contributed by atoms with E-state index >= 15 is 0 Å². The topological polar surface area (TPSA) is 60.0 Å². The minimum atomic E-state index is -0.0204. The van der Waals surface area contributed by atoms with Crippen LogP contribution in [0.4, 0.5) is 5.82 Å². The van der Waals surface area contributed by atoms with Gasteiger partial charge in [0.2, 0.25) is 5.88 Å². The van der Waals surface area contributed by atoms with Crippen molar-refractivity contribution in [2.45, 2.75) is 37.4 Å². The minimum Gasteiger partial charge on any atom is -0.481 e. The molecule has 0 aromatic carbocycles. The summed E-state index contributed by atoms with van der Waals surface area (Å²) in [6.07, 6.45) is 6.54. The van der Waals surface area contributed by atoms with Crippen LogP contribution in [0.3, 0.4) is 0 Å². The third-order valence-electron chi connectivity index (χ3n) is 5.62. The summed E-state index contributed by atoms with van der Waals surface area (Å²) in [7, 11) is 1.64. The first-order chi connectivity index (χ1) is 12.3. The second-order valence-electron chi connectivity index (χ2n) is 7.32. The maximum atomic E-state index is 6.65. The summed E-state index contributed by atoms with van der Waals surface area (Å²) in [6.45, 7) is 6.67. The maximum absolute atomic E-state index is 6.65. The average molecular weight is 348 g/mol. The summed E-state index contributed by atoms with van der Waals surface area (Å²) >= 11 is 0. The van der Waals surface area contributed by atoms with Crippen molar-refractivity contribution in [3.63, 3.8) is 0 Å². The van der Waals surface area contributed by atoms with Crippen molar-refractivity contribution in [1.82, 2.24) is 14.9 Å². The van der Waals surface area contributed by atoms with E-state index in [1.807, 2.05) is 6.07 Å². The normalized spacial score (nSPS) is 30.8. The van der Waals surface area contributed by atoms with Crippen LogP contribution in [0.5, 0.6) is 5.88 Å². The smallest absolute Gasteiger partial charge is 0.218 e. The SMILES string of the molecule is COc1cc(N2CC[C@]3(CCC[C@H](CN4CCOCC4)O3)C2)ncn1. The summed E-state index contributed by atoms with van der Waals surface area (Å²) in [5, 5.41) is 0. The van der Waals surface area contributed by atoms with Gasteiger partial charge in [-0.05, 0) is 25.7 Å². The van der Waals surface area contributed by atoms with Crippen LogP contribution >= 0.6 is 0 Å². The van der Waals surface area contributed by atoms with Gasteiger partial charge in [-0.25, -0.2) is 9.97 Å².